The van der Waals surface area contributed by atoms with Gasteiger partial charge in [-0.15, -0.1) is 5.10 Å². The van der Waals surface area contributed by atoms with Crippen LogP contribution in [0.4, 0.5) is 5.69 Å². The summed E-state index contributed by atoms with van der Waals surface area (Å²) in [7, 11) is 0. The van der Waals surface area contributed by atoms with Crippen LogP contribution in [0, 0.1) is 0 Å². The maximum atomic E-state index is 13.1. The molecule has 35 heavy (non-hydrogen) atoms. The molecule has 0 spiro atoms. The van der Waals surface area contributed by atoms with Crippen LogP contribution in [0.3, 0.4) is 0 Å². The van der Waals surface area contributed by atoms with Crippen molar-refractivity contribution in [1.29, 1.82) is 0 Å². The zero-order valence-electron chi connectivity index (χ0n) is 18.9. The van der Waals surface area contributed by atoms with Crippen LogP contribution in [0.1, 0.15) is 23.6 Å². The second kappa shape index (κ2) is 11.0. The number of carbonyl (C=O) groups excluding carboxylic acids is 1. The van der Waals surface area contributed by atoms with E-state index < -0.39 is 0 Å². The number of amides is 1. The molecule has 1 aromatic heterocycles. The third-order valence-electron chi connectivity index (χ3n) is 5.21. The molecule has 7 nitrogen and oxygen atoms in total. The molecule has 4 aromatic rings. The summed E-state index contributed by atoms with van der Waals surface area (Å²) in [6.45, 7) is 2.35. The predicted molar refractivity (Wildman–Crippen MR) is 141 cm³/mol. The number of aliphatic hydroxyl groups excluding tert-OH is 1. The van der Waals surface area contributed by atoms with E-state index >= 15 is 0 Å². The van der Waals surface area contributed by atoms with Gasteiger partial charge in [0.05, 0.1) is 29.4 Å². The lowest BCUT2D eigenvalue weighted by atomic mass is 10.1. The number of nitrogens with zero attached hydrogens (tertiary/aromatic N) is 3. The molecule has 2 heterocycles. The van der Waals surface area contributed by atoms with Gasteiger partial charge in [0.2, 0.25) is 5.43 Å². The largest absolute Gasteiger partial charge is 0.463 e. The van der Waals surface area contributed by atoms with Gasteiger partial charge in [0.1, 0.15) is 11.8 Å². The van der Waals surface area contributed by atoms with Crippen LogP contribution in [0.25, 0.3) is 11.0 Å². The normalized spacial score (nSPS) is 13.9. The molecule has 0 bridgehead atoms. The summed E-state index contributed by atoms with van der Waals surface area (Å²) in [5.74, 6) is -0.239. The Morgan fingerprint density at radius 3 is 2.46 bits per heavy atom. The molecule has 0 saturated carbocycles. The molecular weight excluding hydrogens is 510 g/mol. The van der Waals surface area contributed by atoms with Crippen LogP contribution < -0.4 is 10.3 Å². The van der Waals surface area contributed by atoms with E-state index in [4.69, 9.17) is 9.52 Å². The van der Waals surface area contributed by atoms with Gasteiger partial charge in [-0.1, -0.05) is 58.4 Å². The van der Waals surface area contributed by atoms with Crippen LogP contribution in [-0.4, -0.2) is 29.5 Å². The third-order valence-corrected chi connectivity index (χ3v) is 5.74. The Kier molecular flexibility index (Phi) is 7.64. The monoisotopic (exact) mass is 531 g/mol. The molecule has 5 rings (SSSR count). The summed E-state index contributed by atoms with van der Waals surface area (Å²) < 4.78 is 6.47. The van der Waals surface area contributed by atoms with E-state index in [9.17, 15) is 9.59 Å². The first-order valence-corrected chi connectivity index (χ1v) is 11.7. The molecule has 0 aliphatic carbocycles. The van der Waals surface area contributed by atoms with Crippen molar-refractivity contribution in [2.24, 2.45) is 10.2 Å². The van der Waals surface area contributed by atoms with Gasteiger partial charge >= 0.3 is 0 Å². The Hall–Kier alpha value is -3.88. The quantitative estimate of drug-likeness (QED) is 0.298. The minimum atomic E-state index is -0.239. The van der Waals surface area contributed by atoms with Crippen molar-refractivity contribution in [3.63, 3.8) is 0 Å². The van der Waals surface area contributed by atoms with Crippen molar-refractivity contribution in [2.45, 2.75) is 13.5 Å². The Labute approximate surface area is 210 Å². The standard InChI is InChI=1S/C25H16BrN3O3.C2H6O/c26-18-11-9-16(10-12-18)14-29-21-7-3-1-5-19(21)23(25(29)31)28-27-13-17-15-32-22-8-4-2-6-20(22)24(17)30;1-2-3/h1-13,15H,14H2;3H,2H2,1H3/b27-13+,28-23-;. The highest BCUT2D eigenvalue weighted by atomic mass is 79.9. The number of hydrogen-bond acceptors (Lipinski definition) is 6. The summed E-state index contributed by atoms with van der Waals surface area (Å²) in [6, 6.07) is 22.3. The molecule has 8 heteroatoms. The van der Waals surface area contributed by atoms with Crippen LogP contribution in [0.2, 0.25) is 0 Å². The van der Waals surface area contributed by atoms with Gasteiger partial charge in [0.15, 0.2) is 5.71 Å². The van der Waals surface area contributed by atoms with Crippen molar-refractivity contribution >= 4 is 50.4 Å². The molecule has 0 atom stereocenters. The minimum absolute atomic E-state index is 0.203. The molecule has 0 fully saturated rings. The van der Waals surface area contributed by atoms with Gasteiger partial charge in [-0.2, -0.15) is 5.10 Å². The van der Waals surface area contributed by atoms with Gasteiger partial charge in [-0.25, -0.2) is 0 Å². The number of hydrogen-bond donors (Lipinski definition) is 1. The number of fused-ring (bicyclic) bond motifs is 2. The average Bonchev–Trinajstić information content (AvgIpc) is 3.13. The predicted octanol–water partition coefficient (Wildman–Crippen LogP) is 4.92. The summed E-state index contributed by atoms with van der Waals surface area (Å²) in [6.07, 6.45) is 2.66. The Morgan fingerprint density at radius 1 is 1.00 bits per heavy atom. The van der Waals surface area contributed by atoms with Crippen molar-refractivity contribution in [3.05, 3.63) is 110 Å². The van der Waals surface area contributed by atoms with Crippen LogP contribution in [0.5, 0.6) is 0 Å². The van der Waals surface area contributed by atoms with Gasteiger partial charge in [-0.3, -0.25) is 9.59 Å². The van der Waals surface area contributed by atoms with E-state index in [0.717, 1.165) is 15.7 Å². The smallest absolute Gasteiger partial charge is 0.279 e. The lowest BCUT2D eigenvalue weighted by molar-refractivity contribution is -0.112. The fourth-order valence-corrected chi connectivity index (χ4v) is 3.88. The fourth-order valence-electron chi connectivity index (χ4n) is 3.62. The van der Waals surface area contributed by atoms with Crippen molar-refractivity contribution in [3.8, 4) is 0 Å². The van der Waals surface area contributed by atoms with Crippen LogP contribution in [-0.2, 0) is 11.3 Å². The van der Waals surface area contributed by atoms with Gasteiger partial charge in [-0.05, 0) is 42.8 Å². The number of halogens is 1. The van der Waals surface area contributed by atoms with Crippen molar-refractivity contribution in [2.75, 3.05) is 11.5 Å². The maximum Gasteiger partial charge on any atom is 0.279 e. The lowest BCUT2D eigenvalue weighted by Gasteiger charge is -2.16. The molecule has 176 valence electrons. The molecule has 1 N–H and O–H groups in total. The van der Waals surface area contributed by atoms with Crippen LogP contribution >= 0.6 is 15.9 Å². The van der Waals surface area contributed by atoms with Gasteiger partial charge in [0.25, 0.3) is 5.91 Å². The number of aliphatic hydroxyl groups is 1. The van der Waals surface area contributed by atoms with E-state index in [1.165, 1.54) is 12.5 Å². The fraction of sp³-hybridized carbons (Fsp3) is 0.111. The van der Waals surface area contributed by atoms with Gasteiger partial charge < -0.3 is 14.4 Å². The highest BCUT2D eigenvalue weighted by Gasteiger charge is 2.33. The Bertz CT molecular complexity index is 1480. The number of benzene rings is 3. The van der Waals surface area contributed by atoms with Crippen LogP contribution in [0.15, 0.2) is 103 Å². The lowest BCUT2D eigenvalue weighted by Crippen LogP contribution is -2.29. The number of anilines is 1. The molecule has 1 aliphatic heterocycles. The first-order valence-electron chi connectivity index (χ1n) is 10.9. The molecule has 1 aliphatic rings. The first kappa shape index (κ1) is 24.3. The molecular formula is C27H22BrN3O4. The molecule has 3 aromatic carbocycles. The average molecular weight is 532 g/mol. The van der Waals surface area contributed by atoms with E-state index in [1.807, 2.05) is 48.5 Å². The van der Waals surface area contributed by atoms with Crippen molar-refractivity contribution in [1.82, 2.24) is 0 Å². The summed E-state index contributed by atoms with van der Waals surface area (Å²) in [5.41, 5.74) is 3.28. The zero-order chi connectivity index (χ0) is 24.8. The number of rotatable bonds is 4. The molecule has 1 amide bonds. The third kappa shape index (κ3) is 5.29. The summed E-state index contributed by atoms with van der Waals surface area (Å²) in [5, 5.41) is 16.3. The second-order valence-corrected chi connectivity index (χ2v) is 8.48. The number of carbonyl (C=O) groups is 1. The highest BCUT2D eigenvalue weighted by Crippen LogP contribution is 2.31. The number of para-hydroxylation sites is 2. The van der Waals surface area contributed by atoms with E-state index in [2.05, 4.69) is 26.1 Å². The highest BCUT2D eigenvalue weighted by molar-refractivity contribution is 9.10. The SMILES string of the molecule is CCO.O=C1/C(=N\N=C\c2coc3ccccc3c2=O)c2ccccc2N1Cc1ccc(Br)cc1. The summed E-state index contributed by atoms with van der Waals surface area (Å²) >= 11 is 3.43. The van der Waals surface area contributed by atoms with E-state index in [1.54, 1.807) is 36.1 Å². The first-order chi connectivity index (χ1) is 17.0. The van der Waals surface area contributed by atoms with E-state index in [0.29, 0.717) is 23.1 Å². The van der Waals surface area contributed by atoms with Crippen molar-refractivity contribution < 1.29 is 14.3 Å². The molecule has 0 unspecified atom stereocenters. The Balaban J connectivity index is 0.000000917. The van der Waals surface area contributed by atoms with E-state index in [-0.39, 0.29) is 29.2 Å². The topological polar surface area (TPSA) is 95.5 Å². The zero-order valence-corrected chi connectivity index (χ0v) is 20.5. The maximum absolute atomic E-state index is 13.1. The second-order valence-electron chi connectivity index (χ2n) is 7.56. The summed E-state index contributed by atoms with van der Waals surface area (Å²) in [4.78, 5) is 27.4. The Morgan fingerprint density at radius 2 is 1.69 bits per heavy atom. The molecule has 0 saturated heterocycles. The minimum Gasteiger partial charge on any atom is -0.463 e. The molecule has 0 radical (unpaired) electrons. The van der Waals surface area contributed by atoms with Gasteiger partial charge in [0, 0.05) is 16.6 Å².